The molecule has 1 aromatic carbocycles. The van der Waals surface area contributed by atoms with Gasteiger partial charge in [-0.15, -0.1) is 0 Å². The van der Waals surface area contributed by atoms with E-state index in [2.05, 4.69) is 10.3 Å². The van der Waals surface area contributed by atoms with Crippen molar-refractivity contribution in [2.45, 2.75) is 6.54 Å². The monoisotopic (exact) mass is 257 g/mol. The average molecular weight is 257 g/mol. The Kier molecular flexibility index (Phi) is 4.10. The highest BCUT2D eigenvalue weighted by molar-refractivity contribution is 5.95. The standard InChI is InChI=1S/C14H15N3O2/c1-16-9-10-8-11(6-7-17-10)19-13-5-3-2-4-12(13)14(15)18/h2-8,16H,9H2,1H3,(H2,15,18). The van der Waals surface area contributed by atoms with Crippen molar-refractivity contribution in [2.75, 3.05) is 7.05 Å². The van der Waals surface area contributed by atoms with Crippen LogP contribution in [0.1, 0.15) is 16.1 Å². The number of nitrogens with two attached hydrogens (primary N) is 1. The molecule has 5 nitrogen and oxygen atoms in total. The van der Waals surface area contributed by atoms with Crippen molar-refractivity contribution < 1.29 is 9.53 Å². The van der Waals surface area contributed by atoms with Gasteiger partial charge in [0.25, 0.3) is 5.91 Å². The Bertz CT molecular complexity index is 584. The lowest BCUT2D eigenvalue weighted by molar-refractivity contribution is 0.0998. The second-order valence-corrected chi connectivity index (χ2v) is 3.98. The van der Waals surface area contributed by atoms with Gasteiger partial charge >= 0.3 is 0 Å². The molecule has 0 radical (unpaired) electrons. The van der Waals surface area contributed by atoms with E-state index < -0.39 is 5.91 Å². The predicted octanol–water partition coefficient (Wildman–Crippen LogP) is 1.69. The molecule has 0 saturated heterocycles. The van der Waals surface area contributed by atoms with Crippen molar-refractivity contribution in [3.8, 4) is 11.5 Å². The van der Waals surface area contributed by atoms with Crippen molar-refractivity contribution >= 4 is 5.91 Å². The lowest BCUT2D eigenvalue weighted by Gasteiger charge is -2.09. The first-order valence-electron chi connectivity index (χ1n) is 5.87. The zero-order chi connectivity index (χ0) is 13.7. The maximum absolute atomic E-state index is 11.3. The van der Waals surface area contributed by atoms with E-state index in [0.29, 0.717) is 23.6 Å². The Hall–Kier alpha value is -2.40. The Labute approximate surface area is 111 Å². The van der Waals surface area contributed by atoms with Crippen LogP contribution in [0, 0.1) is 0 Å². The molecule has 0 bridgehead atoms. The molecule has 0 fully saturated rings. The van der Waals surface area contributed by atoms with Gasteiger partial charge < -0.3 is 15.8 Å². The van der Waals surface area contributed by atoms with E-state index in [4.69, 9.17) is 10.5 Å². The van der Waals surface area contributed by atoms with Crippen LogP contribution in [0.4, 0.5) is 0 Å². The summed E-state index contributed by atoms with van der Waals surface area (Å²) in [5.74, 6) is 0.547. The van der Waals surface area contributed by atoms with Gasteiger partial charge in [0.15, 0.2) is 0 Å². The highest BCUT2D eigenvalue weighted by Crippen LogP contribution is 2.24. The van der Waals surface area contributed by atoms with Crippen LogP contribution in [0.15, 0.2) is 42.6 Å². The summed E-state index contributed by atoms with van der Waals surface area (Å²) in [5.41, 5.74) is 6.52. The molecule has 3 N–H and O–H groups in total. The molecule has 19 heavy (non-hydrogen) atoms. The average Bonchev–Trinajstić information content (AvgIpc) is 2.40. The topological polar surface area (TPSA) is 77.2 Å². The molecule has 98 valence electrons. The van der Waals surface area contributed by atoms with Gasteiger partial charge in [-0.05, 0) is 25.2 Å². The van der Waals surface area contributed by atoms with Crippen LogP contribution in [0.3, 0.4) is 0 Å². The molecule has 1 aromatic heterocycles. The largest absolute Gasteiger partial charge is 0.456 e. The van der Waals surface area contributed by atoms with Gasteiger partial charge in [0.05, 0.1) is 11.3 Å². The van der Waals surface area contributed by atoms with E-state index in [1.807, 2.05) is 13.1 Å². The third-order valence-electron chi connectivity index (χ3n) is 2.53. The summed E-state index contributed by atoms with van der Waals surface area (Å²) in [7, 11) is 1.84. The Balaban J connectivity index is 2.26. The number of aromatic nitrogens is 1. The number of rotatable bonds is 5. The van der Waals surface area contributed by atoms with Crippen LogP contribution < -0.4 is 15.8 Å². The van der Waals surface area contributed by atoms with Crippen molar-refractivity contribution in [1.82, 2.24) is 10.3 Å². The second kappa shape index (κ2) is 5.97. The summed E-state index contributed by atoms with van der Waals surface area (Å²) in [5, 5.41) is 3.01. The number of hydrogen-bond donors (Lipinski definition) is 2. The Morgan fingerprint density at radius 2 is 2.16 bits per heavy atom. The first kappa shape index (κ1) is 13.0. The molecule has 2 rings (SSSR count). The molecular weight excluding hydrogens is 242 g/mol. The Morgan fingerprint density at radius 1 is 1.37 bits per heavy atom. The van der Waals surface area contributed by atoms with Crippen LogP contribution in [0.2, 0.25) is 0 Å². The first-order valence-corrected chi connectivity index (χ1v) is 5.87. The smallest absolute Gasteiger partial charge is 0.252 e. The molecule has 2 aromatic rings. The molecule has 0 unspecified atom stereocenters. The van der Waals surface area contributed by atoms with E-state index in [1.165, 1.54) is 0 Å². The van der Waals surface area contributed by atoms with Gasteiger partial charge in [-0.1, -0.05) is 12.1 Å². The number of hydrogen-bond acceptors (Lipinski definition) is 4. The number of carbonyl (C=O) groups excluding carboxylic acids is 1. The third kappa shape index (κ3) is 3.29. The molecule has 1 heterocycles. The summed E-state index contributed by atoms with van der Waals surface area (Å²) in [6.45, 7) is 0.647. The number of pyridine rings is 1. The van der Waals surface area contributed by atoms with Gasteiger partial charge in [0.2, 0.25) is 0 Å². The third-order valence-corrected chi connectivity index (χ3v) is 2.53. The van der Waals surface area contributed by atoms with Crippen LogP contribution in [-0.4, -0.2) is 17.9 Å². The van der Waals surface area contributed by atoms with E-state index in [9.17, 15) is 4.79 Å². The summed E-state index contributed by atoms with van der Waals surface area (Å²) in [4.78, 5) is 15.5. The van der Waals surface area contributed by atoms with E-state index >= 15 is 0 Å². The van der Waals surface area contributed by atoms with Gasteiger partial charge in [-0.25, -0.2) is 0 Å². The molecule has 0 aliphatic rings. The molecule has 0 aliphatic heterocycles. The molecular formula is C14H15N3O2. The second-order valence-electron chi connectivity index (χ2n) is 3.98. The van der Waals surface area contributed by atoms with Gasteiger partial charge in [0, 0.05) is 18.8 Å². The number of nitrogens with one attached hydrogen (secondary N) is 1. The fraction of sp³-hybridized carbons (Fsp3) is 0.143. The molecule has 0 spiro atoms. The van der Waals surface area contributed by atoms with E-state index in [-0.39, 0.29) is 0 Å². The number of nitrogens with zero attached hydrogens (tertiary/aromatic N) is 1. The minimum atomic E-state index is -0.514. The summed E-state index contributed by atoms with van der Waals surface area (Å²) in [6.07, 6.45) is 1.66. The van der Waals surface area contributed by atoms with Gasteiger partial charge in [-0.3, -0.25) is 9.78 Å². The number of benzene rings is 1. The molecule has 0 atom stereocenters. The van der Waals surface area contributed by atoms with Gasteiger partial charge in [0.1, 0.15) is 11.5 Å². The molecule has 1 amide bonds. The van der Waals surface area contributed by atoms with Gasteiger partial charge in [-0.2, -0.15) is 0 Å². The van der Waals surface area contributed by atoms with Crippen LogP contribution in [0.25, 0.3) is 0 Å². The number of carbonyl (C=O) groups is 1. The van der Waals surface area contributed by atoms with E-state index in [0.717, 1.165) is 5.69 Å². The minimum absolute atomic E-state index is 0.356. The maximum Gasteiger partial charge on any atom is 0.252 e. The predicted molar refractivity (Wildman–Crippen MR) is 72.0 cm³/mol. The van der Waals surface area contributed by atoms with Crippen molar-refractivity contribution in [3.05, 3.63) is 53.9 Å². The highest BCUT2D eigenvalue weighted by atomic mass is 16.5. The van der Waals surface area contributed by atoms with Crippen LogP contribution >= 0.6 is 0 Å². The SMILES string of the molecule is CNCc1cc(Oc2ccccc2C(N)=O)ccn1. The molecule has 0 aliphatic carbocycles. The normalized spacial score (nSPS) is 10.2. The number of primary amides is 1. The number of ether oxygens (including phenoxy) is 1. The molecule has 5 heteroatoms. The van der Waals surface area contributed by atoms with Crippen LogP contribution in [0.5, 0.6) is 11.5 Å². The molecule has 0 saturated carbocycles. The van der Waals surface area contributed by atoms with Crippen LogP contribution in [-0.2, 0) is 6.54 Å². The van der Waals surface area contributed by atoms with Crippen molar-refractivity contribution in [3.63, 3.8) is 0 Å². The maximum atomic E-state index is 11.3. The lowest BCUT2D eigenvalue weighted by atomic mass is 10.2. The summed E-state index contributed by atoms with van der Waals surface area (Å²) in [6, 6.07) is 10.4. The van der Waals surface area contributed by atoms with E-state index in [1.54, 1.807) is 36.5 Å². The zero-order valence-electron chi connectivity index (χ0n) is 10.6. The Morgan fingerprint density at radius 3 is 2.89 bits per heavy atom. The fourth-order valence-electron chi connectivity index (χ4n) is 1.68. The zero-order valence-corrected chi connectivity index (χ0v) is 10.6. The number of amides is 1. The highest BCUT2D eigenvalue weighted by Gasteiger charge is 2.09. The minimum Gasteiger partial charge on any atom is -0.456 e. The van der Waals surface area contributed by atoms with Crippen molar-refractivity contribution in [2.24, 2.45) is 5.73 Å². The fourth-order valence-corrected chi connectivity index (χ4v) is 1.68. The summed E-state index contributed by atoms with van der Waals surface area (Å²) >= 11 is 0. The van der Waals surface area contributed by atoms with Crippen molar-refractivity contribution in [1.29, 1.82) is 0 Å². The lowest BCUT2D eigenvalue weighted by Crippen LogP contribution is -2.12. The number of para-hydroxylation sites is 1. The quantitative estimate of drug-likeness (QED) is 0.854. The first-order chi connectivity index (χ1) is 9.20. The summed E-state index contributed by atoms with van der Waals surface area (Å²) < 4.78 is 5.69.